The number of hydrogen-bond donors (Lipinski definition) is 0. The Bertz CT molecular complexity index is 896. The number of rotatable bonds is 4. The summed E-state index contributed by atoms with van der Waals surface area (Å²) in [4.78, 5) is 23.9. The molecule has 1 heterocycles. The van der Waals surface area contributed by atoms with Gasteiger partial charge in [-0.25, -0.2) is 14.0 Å². The number of benzene rings is 2. The molecule has 0 amide bonds. The van der Waals surface area contributed by atoms with E-state index in [2.05, 4.69) is 0 Å². The van der Waals surface area contributed by atoms with Gasteiger partial charge in [-0.05, 0) is 41.5 Å². The van der Waals surface area contributed by atoms with Crippen molar-refractivity contribution in [1.82, 2.24) is 0 Å². The van der Waals surface area contributed by atoms with E-state index >= 15 is 0 Å². The van der Waals surface area contributed by atoms with E-state index in [1.165, 1.54) is 32.1 Å². The quantitative estimate of drug-likeness (QED) is 0.443. The Morgan fingerprint density at radius 3 is 2.30 bits per heavy atom. The standard InChI is InChI=1S/C20H16ClFO5/c1-20(2)26-18(23)15(19(24)27-20)9-12-3-6-14(7-4-12)25-11-13-5-8-17(22)16(21)10-13/h3-10H,11H2,1-2H3. The molecule has 1 aliphatic rings. The van der Waals surface area contributed by atoms with Gasteiger partial charge in [0.2, 0.25) is 0 Å². The molecule has 1 saturated heterocycles. The Balaban J connectivity index is 1.67. The first-order valence-electron chi connectivity index (χ1n) is 8.09. The predicted molar refractivity (Wildman–Crippen MR) is 96.4 cm³/mol. The van der Waals surface area contributed by atoms with Gasteiger partial charge in [-0.2, -0.15) is 0 Å². The summed E-state index contributed by atoms with van der Waals surface area (Å²) in [5, 5.41) is 0.0347. The maximum atomic E-state index is 13.2. The lowest BCUT2D eigenvalue weighted by Gasteiger charge is -2.29. The van der Waals surface area contributed by atoms with Gasteiger partial charge in [-0.1, -0.05) is 29.8 Å². The Morgan fingerprint density at radius 2 is 1.70 bits per heavy atom. The van der Waals surface area contributed by atoms with Crippen molar-refractivity contribution in [3.05, 3.63) is 70.0 Å². The van der Waals surface area contributed by atoms with Gasteiger partial charge in [0.25, 0.3) is 5.79 Å². The zero-order valence-corrected chi connectivity index (χ0v) is 15.4. The molecular formula is C20H16ClFO5. The van der Waals surface area contributed by atoms with Gasteiger partial charge < -0.3 is 14.2 Å². The fourth-order valence-electron chi connectivity index (χ4n) is 2.40. The second-order valence-electron chi connectivity index (χ2n) is 6.34. The van der Waals surface area contributed by atoms with Gasteiger partial charge in [0.05, 0.1) is 5.02 Å². The van der Waals surface area contributed by atoms with Crippen LogP contribution >= 0.6 is 11.6 Å². The van der Waals surface area contributed by atoms with Crippen molar-refractivity contribution in [3.63, 3.8) is 0 Å². The van der Waals surface area contributed by atoms with E-state index in [1.807, 2.05) is 0 Å². The molecule has 7 heteroatoms. The number of carbonyl (C=O) groups is 2. The van der Waals surface area contributed by atoms with Crippen LogP contribution in [-0.2, 0) is 25.7 Å². The lowest BCUT2D eigenvalue weighted by molar-refractivity contribution is -0.222. The van der Waals surface area contributed by atoms with E-state index in [0.717, 1.165) is 5.56 Å². The van der Waals surface area contributed by atoms with Gasteiger partial charge in [-0.3, -0.25) is 0 Å². The molecule has 0 radical (unpaired) electrons. The van der Waals surface area contributed by atoms with Crippen LogP contribution in [-0.4, -0.2) is 17.7 Å². The van der Waals surface area contributed by atoms with Crippen molar-refractivity contribution in [2.24, 2.45) is 0 Å². The Kier molecular flexibility index (Phi) is 5.19. The molecule has 5 nitrogen and oxygen atoms in total. The molecule has 0 N–H and O–H groups in total. The van der Waals surface area contributed by atoms with E-state index in [4.69, 9.17) is 25.8 Å². The fraction of sp³-hybridized carbons (Fsp3) is 0.200. The van der Waals surface area contributed by atoms with E-state index in [0.29, 0.717) is 11.3 Å². The average Bonchev–Trinajstić information content (AvgIpc) is 2.59. The normalized spacial score (nSPS) is 15.8. The van der Waals surface area contributed by atoms with Gasteiger partial charge in [0, 0.05) is 13.8 Å². The molecule has 0 spiro atoms. The average molecular weight is 391 g/mol. The summed E-state index contributed by atoms with van der Waals surface area (Å²) in [6.07, 6.45) is 1.39. The van der Waals surface area contributed by atoms with Gasteiger partial charge in [0.15, 0.2) is 0 Å². The van der Waals surface area contributed by atoms with Crippen LogP contribution in [0.15, 0.2) is 48.0 Å². The minimum atomic E-state index is -1.27. The SMILES string of the molecule is CC1(C)OC(=O)C(=Cc2ccc(OCc3ccc(F)c(Cl)c3)cc2)C(=O)O1. The summed E-state index contributed by atoms with van der Waals surface area (Å²) in [5.74, 6) is -2.66. The van der Waals surface area contributed by atoms with Gasteiger partial charge in [0.1, 0.15) is 23.7 Å². The topological polar surface area (TPSA) is 61.8 Å². The molecule has 0 saturated carbocycles. The van der Waals surface area contributed by atoms with Crippen molar-refractivity contribution in [2.75, 3.05) is 0 Å². The summed E-state index contributed by atoms with van der Waals surface area (Å²) < 4.78 is 28.9. The Hall–Kier alpha value is -2.86. The first kappa shape index (κ1) is 18.9. The third-order valence-corrected chi connectivity index (χ3v) is 3.99. The number of ether oxygens (including phenoxy) is 3. The number of hydrogen-bond acceptors (Lipinski definition) is 5. The molecule has 0 atom stereocenters. The lowest BCUT2D eigenvalue weighted by atomic mass is 10.1. The molecular weight excluding hydrogens is 375 g/mol. The van der Waals surface area contributed by atoms with Crippen molar-refractivity contribution >= 4 is 29.6 Å². The van der Waals surface area contributed by atoms with Crippen molar-refractivity contribution in [3.8, 4) is 5.75 Å². The van der Waals surface area contributed by atoms with Crippen LogP contribution in [0.3, 0.4) is 0 Å². The van der Waals surface area contributed by atoms with Crippen LogP contribution in [0.2, 0.25) is 5.02 Å². The number of cyclic esters (lactones) is 2. The molecule has 0 aliphatic carbocycles. The molecule has 2 aromatic rings. The second kappa shape index (κ2) is 7.40. The van der Waals surface area contributed by atoms with Crippen molar-refractivity contribution in [1.29, 1.82) is 0 Å². The van der Waals surface area contributed by atoms with Crippen molar-refractivity contribution < 1.29 is 28.2 Å². The first-order valence-corrected chi connectivity index (χ1v) is 8.46. The highest BCUT2D eigenvalue weighted by molar-refractivity contribution is 6.30. The highest BCUT2D eigenvalue weighted by Crippen LogP contribution is 2.25. The monoisotopic (exact) mass is 390 g/mol. The summed E-state index contributed by atoms with van der Waals surface area (Å²) >= 11 is 5.74. The molecule has 2 aromatic carbocycles. The molecule has 0 unspecified atom stereocenters. The van der Waals surface area contributed by atoms with Crippen molar-refractivity contribution in [2.45, 2.75) is 26.2 Å². The highest BCUT2D eigenvalue weighted by atomic mass is 35.5. The zero-order valence-electron chi connectivity index (χ0n) is 14.6. The Labute approximate surface area is 160 Å². The number of carbonyl (C=O) groups excluding carboxylic acids is 2. The van der Waals surface area contributed by atoms with Crippen LogP contribution in [0, 0.1) is 5.82 Å². The molecule has 0 aromatic heterocycles. The smallest absolute Gasteiger partial charge is 0.348 e. The summed E-state index contributed by atoms with van der Waals surface area (Å²) in [5.41, 5.74) is 1.16. The van der Waals surface area contributed by atoms with Crippen LogP contribution in [0.4, 0.5) is 4.39 Å². The minimum absolute atomic E-state index is 0.0347. The largest absolute Gasteiger partial charge is 0.489 e. The van der Waals surface area contributed by atoms with Crippen LogP contribution < -0.4 is 4.74 Å². The van der Waals surface area contributed by atoms with E-state index in [1.54, 1.807) is 30.3 Å². The number of halogens is 2. The zero-order chi connectivity index (χ0) is 19.6. The third kappa shape index (κ3) is 4.65. The molecule has 0 bridgehead atoms. The van der Waals surface area contributed by atoms with Gasteiger partial charge >= 0.3 is 11.9 Å². The summed E-state index contributed by atoms with van der Waals surface area (Å²) in [6, 6.07) is 11.1. The van der Waals surface area contributed by atoms with Crippen LogP contribution in [0.1, 0.15) is 25.0 Å². The first-order chi connectivity index (χ1) is 12.7. The molecule has 1 fully saturated rings. The minimum Gasteiger partial charge on any atom is -0.489 e. The summed E-state index contributed by atoms with van der Waals surface area (Å²) in [7, 11) is 0. The predicted octanol–water partition coefficient (Wildman–Crippen LogP) is 4.28. The highest BCUT2D eigenvalue weighted by Gasteiger charge is 2.38. The maximum Gasteiger partial charge on any atom is 0.348 e. The lowest BCUT2D eigenvalue weighted by Crippen LogP contribution is -2.41. The Morgan fingerprint density at radius 1 is 1.07 bits per heavy atom. The van der Waals surface area contributed by atoms with Crippen LogP contribution in [0.5, 0.6) is 5.75 Å². The molecule has 140 valence electrons. The molecule has 1 aliphatic heterocycles. The van der Waals surface area contributed by atoms with E-state index in [9.17, 15) is 14.0 Å². The summed E-state index contributed by atoms with van der Waals surface area (Å²) in [6.45, 7) is 3.19. The number of esters is 2. The maximum absolute atomic E-state index is 13.2. The molecule has 3 rings (SSSR count). The third-order valence-electron chi connectivity index (χ3n) is 3.70. The van der Waals surface area contributed by atoms with E-state index in [-0.39, 0.29) is 17.2 Å². The van der Waals surface area contributed by atoms with Crippen LogP contribution in [0.25, 0.3) is 6.08 Å². The van der Waals surface area contributed by atoms with E-state index < -0.39 is 23.5 Å². The molecule has 27 heavy (non-hydrogen) atoms. The van der Waals surface area contributed by atoms with Gasteiger partial charge in [-0.15, -0.1) is 0 Å². The second-order valence-corrected chi connectivity index (χ2v) is 6.75. The fourth-order valence-corrected chi connectivity index (χ4v) is 2.60.